The lowest BCUT2D eigenvalue weighted by molar-refractivity contribution is -0.384. The van der Waals surface area contributed by atoms with E-state index in [1.165, 1.54) is 12.1 Å². The molecule has 1 aliphatic rings. The molecule has 1 aromatic rings. The van der Waals surface area contributed by atoms with Gasteiger partial charge in [-0.05, 0) is 12.1 Å². The molecule has 0 spiro atoms. The van der Waals surface area contributed by atoms with Crippen molar-refractivity contribution in [1.82, 2.24) is 0 Å². The Morgan fingerprint density at radius 1 is 1.36 bits per heavy atom. The third-order valence-electron chi connectivity index (χ3n) is 1.91. The number of rotatable bonds is 2. The van der Waals surface area contributed by atoms with Gasteiger partial charge < -0.3 is 0 Å². The molecule has 1 heterocycles. The zero-order valence-corrected chi connectivity index (χ0v) is 8.16. The fourth-order valence-corrected chi connectivity index (χ4v) is 2.10. The standard InChI is InChI=1S/C9H8N2O2S/c12-11(13)8-3-1-7(2-4-8)9-10-5-6-14-9/h1-4H,5-6H2. The Balaban J connectivity index is 2.25. The van der Waals surface area contributed by atoms with Crippen LogP contribution in [-0.2, 0) is 0 Å². The van der Waals surface area contributed by atoms with Gasteiger partial charge in [-0.15, -0.1) is 11.8 Å². The van der Waals surface area contributed by atoms with Crippen molar-refractivity contribution in [2.24, 2.45) is 4.99 Å². The van der Waals surface area contributed by atoms with E-state index in [9.17, 15) is 10.1 Å². The summed E-state index contributed by atoms with van der Waals surface area (Å²) in [5, 5.41) is 11.4. The van der Waals surface area contributed by atoms with Gasteiger partial charge in [0.1, 0.15) is 0 Å². The summed E-state index contributed by atoms with van der Waals surface area (Å²) in [5.74, 6) is 1.01. The first kappa shape index (κ1) is 9.21. The highest BCUT2D eigenvalue weighted by Crippen LogP contribution is 2.21. The van der Waals surface area contributed by atoms with E-state index in [4.69, 9.17) is 0 Å². The molecule has 0 unspecified atom stereocenters. The summed E-state index contributed by atoms with van der Waals surface area (Å²) in [6.45, 7) is 0.844. The van der Waals surface area contributed by atoms with Crippen molar-refractivity contribution >= 4 is 22.5 Å². The van der Waals surface area contributed by atoms with E-state index in [1.807, 2.05) is 0 Å². The van der Waals surface area contributed by atoms with Gasteiger partial charge in [0.15, 0.2) is 0 Å². The van der Waals surface area contributed by atoms with Crippen molar-refractivity contribution in [3.05, 3.63) is 39.9 Å². The number of nitro groups is 1. The summed E-state index contributed by atoms with van der Waals surface area (Å²) in [7, 11) is 0. The van der Waals surface area contributed by atoms with E-state index < -0.39 is 4.92 Å². The Bertz CT molecular complexity index is 386. The molecule has 0 saturated carbocycles. The van der Waals surface area contributed by atoms with Crippen LogP contribution < -0.4 is 0 Å². The molecular formula is C9H8N2O2S. The minimum Gasteiger partial charge on any atom is -0.277 e. The average molecular weight is 208 g/mol. The Labute approximate surface area is 85.2 Å². The average Bonchev–Trinajstić information content (AvgIpc) is 2.71. The summed E-state index contributed by atoms with van der Waals surface area (Å²) in [6, 6.07) is 6.51. The van der Waals surface area contributed by atoms with E-state index >= 15 is 0 Å². The topological polar surface area (TPSA) is 55.5 Å². The minimum absolute atomic E-state index is 0.123. The second-order valence-electron chi connectivity index (χ2n) is 2.84. The third-order valence-corrected chi connectivity index (χ3v) is 2.94. The largest absolute Gasteiger partial charge is 0.277 e. The van der Waals surface area contributed by atoms with Crippen LogP contribution in [0.25, 0.3) is 0 Å². The summed E-state index contributed by atoms with van der Waals surface area (Å²) < 4.78 is 0. The summed E-state index contributed by atoms with van der Waals surface area (Å²) in [5.41, 5.74) is 1.09. The fourth-order valence-electron chi connectivity index (χ4n) is 1.24. The maximum Gasteiger partial charge on any atom is 0.269 e. The van der Waals surface area contributed by atoms with Gasteiger partial charge in [0.05, 0.1) is 9.97 Å². The number of thioether (sulfide) groups is 1. The number of hydrogen-bond acceptors (Lipinski definition) is 4. The molecule has 1 aromatic carbocycles. The number of nitro benzene ring substituents is 1. The summed E-state index contributed by atoms with van der Waals surface area (Å²) in [6.07, 6.45) is 0. The van der Waals surface area contributed by atoms with E-state index in [2.05, 4.69) is 4.99 Å². The lowest BCUT2D eigenvalue weighted by atomic mass is 10.2. The van der Waals surface area contributed by atoms with E-state index in [-0.39, 0.29) is 5.69 Å². The maximum atomic E-state index is 10.4. The molecule has 0 saturated heterocycles. The van der Waals surface area contributed by atoms with Crippen LogP contribution in [-0.4, -0.2) is 22.3 Å². The predicted molar refractivity (Wildman–Crippen MR) is 57.0 cm³/mol. The molecular weight excluding hydrogens is 200 g/mol. The molecule has 0 fully saturated rings. The van der Waals surface area contributed by atoms with Crippen LogP contribution in [0.15, 0.2) is 29.3 Å². The zero-order chi connectivity index (χ0) is 9.97. The van der Waals surface area contributed by atoms with Crippen LogP contribution in [0, 0.1) is 10.1 Å². The molecule has 72 valence electrons. The number of hydrogen-bond donors (Lipinski definition) is 0. The highest BCUT2D eigenvalue weighted by molar-refractivity contribution is 8.14. The molecule has 0 bridgehead atoms. The second kappa shape index (κ2) is 3.79. The van der Waals surface area contributed by atoms with Crippen molar-refractivity contribution in [2.75, 3.05) is 12.3 Å². The van der Waals surface area contributed by atoms with E-state index in [1.54, 1.807) is 23.9 Å². The third kappa shape index (κ3) is 1.77. The molecule has 4 nitrogen and oxygen atoms in total. The first-order chi connectivity index (χ1) is 6.77. The van der Waals surface area contributed by atoms with Gasteiger partial charge in [-0.1, -0.05) is 0 Å². The maximum absolute atomic E-state index is 10.4. The van der Waals surface area contributed by atoms with Gasteiger partial charge in [-0.2, -0.15) is 0 Å². The molecule has 0 N–H and O–H groups in total. The molecule has 0 atom stereocenters. The Kier molecular flexibility index (Phi) is 2.49. The molecule has 0 aromatic heterocycles. The van der Waals surface area contributed by atoms with Crippen LogP contribution in [0.5, 0.6) is 0 Å². The minimum atomic E-state index is -0.395. The van der Waals surface area contributed by atoms with Gasteiger partial charge in [0.25, 0.3) is 5.69 Å². The number of benzene rings is 1. The molecule has 1 aliphatic heterocycles. The quantitative estimate of drug-likeness (QED) is 0.552. The zero-order valence-electron chi connectivity index (χ0n) is 7.34. The van der Waals surface area contributed by atoms with Gasteiger partial charge in [-0.3, -0.25) is 15.1 Å². The van der Waals surface area contributed by atoms with Gasteiger partial charge in [0, 0.05) is 30.0 Å². The van der Waals surface area contributed by atoms with Gasteiger partial charge in [-0.25, -0.2) is 0 Å². The molecule has 0 amide bonds. The molecule has 0 radical (unpaired) electrons. The van der Waals surface area contributed by atoms with Crippen molar-refractivity contribution in [3.63, 3.8) is 0 Å². The number of nitrogens with zero attached hydrogens (tertiary/aromatic N) is 2. The predicted octanol–water partition coefficient (Wildman–Crippen LogP) is 2.09. The Hall–Kier alpha value is -1.36. The SMILES string of the molecule is O=[N+]([O-])c1ccc(C2=NCCS2)cc1. The number of non-ortho nitro benzene ring substituents is 1. The smallest absolute Gasteiger partial charge is 0.269 e. The van der Waals surface area contributed by atoms with Crippen LogP contribution in [0.4, 0.5) is 5.69 Å². The van der Waals surface area contributed by atoms with E-state index in [0.717, 1.165) is 22.9 Å². The normalized spacial score (nSPS) is 15.3. The van der Waals surface area contributed by atoms with Gasteiger partial charge >= 0.3 is 0 Å². The first-order valence-corrected chi connectivity index (χ1v) is 5.18. The van der Waals surface area contributed by atoms with Crippen LogP contribution in [0.3, 0.4) is 0 Å². The molecule has 5 heteroatoms. The second-order valence-corrected chi connectivity index (χ2v) is 3.92. The van der Waals surface area contributed by atoms with Crippen molar-refractivity contribution in [1.29, 1.82) is 0 Å². The fraction of sp³-hybridized carbons (Fsp3) is 0.222. The Morgan fingerprint density at radius 2 is 2.07 bits per heavy atom. The van der Waals surface area contributed by atoms with Crippen LogP contribution in [0.2, 0.25) is 0 Å². The van der Waals surface area contributed by atoms with Crippen molar-refractivity contribution in [2.45, 2.75) is 0 Å². The lowest BCUT2D eigenvalue weighted by Crippen LogP contribution is -1.93. The molecule has 14 heavy (non-hydrogen) atoms. The van der Waals surface area contributed by atoms with E-state index in [0.29, 0.717) is 0 Å². The molecule has 0 aliphatic carbocycles. The van der Waals surface area contributed by atoms with Gasteiger partial charge in [0.2, 0.25) is 0 Å². The van der Waals surface area contributed by atoms with Crippen LogP contribution in [0.1, 0.15) is 5.56 Å². The van der Waals surface area contributed by atoms with Crippen LogP contribution >= 0.6 is 11.8 Å². The highest BCUT2D eigenvalue weighted by atomic mass is 32.2. The number of aliphatic imine (C=N–C) groups is 1. The monoisotopic (exact) mass is 208 g/mol. The first-order valence-electron chi connectivity index (χ1n) is 4.19. The summed E-state index contributed by atoms with van der Waals surface area (Å²) in [4.78, 5) is 14.3. The lowest BCUT2D eigenvalue weighted by Gasteiger charge is -1.98. The van der Waals surface area contributed by atoms with Crippen molar-refractivity contribution in [3.8, 4) is 0 Å². The Morgan fingerprint density at radius 3 is 2.57 bits per heavy atom. The molecule has 2 rings (SSSR count). The highest BCUT2D eigenvalue weighted by Gasteiger charge is 2.11. The summed E-state index contributed by atoms with van der Waals surface area (Å²) >= 11 is 1.69. The van der Waals surface area contributed by atoms with Crippen molar-refractivity contribution < 1.29 is 4.92 Å².